The molecule has 0 spiro atoms. The van der Waals surface area contributed by atoms with Crippen LogP contribution >= 0.6 is 0 Å². The Hall–Kier alpha value is -1.02. The molecule has 0 bridgehead atoms. The lowest BCUT2D eigenvalue weighted by Gasteiger charge is -2.28. The zero-order chi connectivity index (χ0) is 9.26. The van der Waals surface area contributed by atoms with Crippen LogP contribution in [0.2, 0.25) is 0 Å². The normalized spacial score (nSPS) is 23.1. The number of nitrogens with two attached hydrogens (primary N) is 1. The summed E-state index contributed by atoms with van der Waals surface area (Å²) in [4.78, 5) is 0. The summed E-state index contributed by atoms with van der Waals surface area (Å²) in [7, 11) is 0. The first kappa shape index (κ1) is 8.57. The Morgan fingerprint density at radius 2 is 2.23 bits per heavy atom. The lowest BCUT2D eigenvalue weighted by Crippen LogP contribution is -2.29. The molecule has 0 radical (unpaired) electrons. The Kier molecular flexibility index (Phi) is 2.23. The number of rotatable bonds is 1. The minimum Gasteiger partial charge on any atom is -0.493 e. The van der Waals surface area contributed by atoms with E-state index in [-0.39, 0.29) is 6.04 Å². The van der Waals surface area contributed by atoms with E-state index in [9.17, 15) is 0 Å². The van der Waals surface area contributed by atoms with Gasteiger partial charge >= 0.3 is 0 Å². The Morgan fingerprint density at radius 1 is 1.46 bits per heavy atom. The van der Waals surface area contributed by atoms with E-state index < -0.39 is 0 Å². The highest BCUT2D eigenvalue weighted by atomic mass is 16.5. The first-order valence-electron chi connectivity index (χ1n) is 4.76. The third-order valence-corrected chi connectivity index (χ3v) is 2.64. The van der Waals surface area contributed by atoms with Crippen LogP contribution in [0.3, 0.4) is 0 Å². The summed E-state index contributed by atoms with van der Waals surface area (Å²) in [6.07, 6.45) is 1.04. The summed E-state index contributed by atoms with van der Waals surface area (Å²) in [6.45, 7) is 2.86. The summed E-state index contributed by atoms with van der Waals surface area (Å²) in [6, 6.07) is 8.39. The van der Waals surface area contributed by atoms with E-state index in [0.29, 0.717) is 5.92 Å². The molecule has 1 aromatic carbocycles. The number of para-hydroxylation sites is 1. The van der Waals surface area contributed by atoms with E-state index in [0.717, 1.165) is 18.8 Å². The highest BCUT2D eigenvalue weighted by molar-refractivity contribution is 5.38. The second-order valence-electron chi connectivity index (χ2n) is 3.64. The fraction of sp³-hybridized carbons (Fsp3) is 0.455. The molecule has 1 aliphatic heterocycles. The number of ether oxygens (including phenoxy) is 1. The lowest BCUT2D eigenvalue weighted by molar-refractivity contribution is 0.258. The van der Waals surface area contributed by atoms with E-state index in [1.807, 2.05) is 18.2 Å². The molecule has 2 atom stereocenters. The van der Waals surface area contributed by atoms with Gasteiger partial charge in [0.15, 0.2) is 0 Å². The maximum Gasteiger partial charge on any atom is 0.122 e. The summed E-state index contributed by atoms with van der Waals surface area (Å²) < 4.78 is 5.55. The molecule has 2 rings (SSSR count). The van der Waals surface area contributed by atoms with Crippen molar-refractivity contribution in [1.29, 1.82) is 0 Å². The largest absolute Gasteiger partial charge is 0.493 e. The van der Waals surface area contributed by atoms with Crippen molar-refractivity contribution >= 4 is 0 Å². The smallest absolute Gasteiger partial charge is 0.122 e. The van der Waals surface area contributed by atoms with Crippen molar-refractivity contribution in [3.8, 4) is 5.75 Å². The maximum atomic E-state index is 5.93. The van der Waals surface area contributed by atoms with Gasteiger partial charge in [0.25, 0.3) is 0 Å². The number of benzene rings is 1. The van der Waals surface area contributed by atoms with Gasteiger partial charge in [0.2, 0.25) is 0 Å². The number of hydrogen-bond donors (Lipinski definition) is 1. The zero-order valence-electron chi connectivity index (χ0n) is 7.86. The molecule has 0 fully saturated rings. The molecule has 2 heteroatoms. The van der Waals surface area contributed by atoms with E-state index in [1.165, 1.54) is 5.56 Å². The predicted molar refractivity (Wildman–Crippen MR) is 52.9 cm³/mol. The van der Waals surface area contributed by atoms with Gasteiger partial charge < -0.3 is 10.5 Å². The van der Waals surface area contributed by atoms with Gasteiger partial charge in [0.1, 0.15) is 5.75 Å². The molecule has 0 aromatic heterocycles. The molecule has 1 aliphatic rings. The quantitative estimate of drug-likeness (QED) is 0.711. The van der Waals surface area contributed by atoms with Gasteiger partial charge in [-0.2, -0.15) is 0 Å². The van der Waals surface area contributed by atoms with Crippen LogP contribution in [0.1, 0.15) is 24.8 Å². The molecule has 0 aliphatic carbocycles. The summed E-state index contributed by atoms with van der Waals surface area (Å²) in [5.41, 5.74) is 7.19. The summed E-state index contributed by atoms with van der Waals surface area (Å²) in [5, 5.41) is 0. The Labute approximate surface area is 78.7 Å². The van der Waals surface area contributed by atoms with Crippen LogP contribution < -0.4 is 10.5 Å². The van der Waals surface area contributed by atoms with Crippen molar-refractivity contribution < 1.29 is 4.74 Å². The monoisotopic (exact) mass is 177 g/mol. The van der Waals surface area contributed by atoms with Crippen LogP contribution in [0.5, 0.6) is 5.75 Å². The van der Waals surface area contributed by atoms with Gasteiger partial charge in [-0.15, -0.1) is 0 Å². The van der Waals surface area contributed by atoms with Crippen LogP contribution in [-0.2, 0) is 0 Å². The third-order valence-electron chi connectivity index (χ3n) is 2.64. The molecule has 2 N–H and O–H groups in total. The lowest BCUT2D eigenvalue weighted by atomic mass is 9.88. The first-order chi connectivity index (χ1) is 6.29. The fourth-order valence-corrected chi connectivity index (χ4v) is 1.92. The molecule has 0 amide bonds. The standard InChI is InChI=1S/C11H15NO/c1-8(12)9-6-7-13-11-5-3-2-4-10(9)11/h2-5,8-9H,6-7,12H2,1H3/t8-,9?/m0/s1. The molecule has 2 nitrogen and oxygen atoms in total. The fourth-order valence-electron chi connectivity index (χ4n) is 1.92. The summed E-state index contributed by atoms with van der Waals surface area (Å²) in [5.74, 6) is 1.47. The second-order valence-corrected chi connectivity index (χ2v) is 3.64. The van der Waals surface area contributed by atoms with E-state index in [1.54, 1.807) is 0 Å². The SMILES string of the molecule is C[C@H](N)C1CCOc2ccccc21. The molecule has 1 heterocycles. The Morgan fingerprint density at radius 3 is 3.00 bits per heavy atom. The highest BCUT2D eigenvalue weighted by Crippen LogP contribution is 2.34. The van der Waals surface area contributed by atoms with Crippen molar-refractivity contribution in [3.05, 3.63) is 29.8 Å². The molecule has 1 unspecified atom stereocenters. The van der Waals surface area contributed by atoms with Crippen LogP contribution in [0, 0.1) is 0 Å². The van der Waals surface area contributed by atoms with Crippen molar-refractivity contribution in [3.63, 3.8) is 0 Å². The predicted octanol–water partition coefficient (Wildman–Crippen LogP) is 1.90. The highest BCUT2D eigenvalue weighted by Gasteiger charge is 2.23. The minimum absolute atomic E-state index is 0.213. The van der Waals surface area contributed by atoms with Crippen LogP contribution in [0.15, 0.2) is 24.3 Å². The van der Waals surface area contributed by atoms with E-state index in [4.69, 9.17) is 10.5 Å². The minimum atomic E-state index is 0.213. The van der Waals surface area contributed by atoms with Gasteiger partial charge in [-0.25, -0.2) is 0 Å². The molecule has 70 valence electrons. The van der Waals surface area contributed by atoms with Crippen molar-refractivity contribution in [2.75, 3.05) is 6.61 Å². The average Bonchev–Trinajstić information content (AvgIpc) is 2.17. The van der Waals surface area contributed by atoms with Gasteiger partial charge in [0.05, 0.1) is 6.61 Å². The zero-order valence-corrected chi connectivity index (χ0v) is 7.86. The molecular weight excluding hydrogens is 162 g/mol. The number of hydrogen-bond acceptors (Lipinski definition) is 2. The van der Waals surface area contributed by atoms with Gasteiger partial charge in [-0.3, -0.25) is 0 Å². The van der Waals surface area contributed by atoms with E-state index >= 15 is 0 Å². The first-order valence-corrected chi connectivity index (χ1v) is 4.76. The van der Waals surface area contributed by atoms with Crippen LogP contribution in [0.4, 0.5) is 0 Å². The van der Waals surface area contributed by atoms with Crippen LogP contribution in [0.25, 0.3) is 0 Å². The van der Waals surface area contributed by atoms with Crippen molar-refractivity contribution in [2.45, 2.75) is 25.3 Å². The molecule has 13 heavy (non-hydrogen) atoms. The van der Waals surface area contributed by atoms with Gasteiger partial charge in [-0.05, 0) is 25.0 Å². The maximum absolute atomic E-state index is 5.93. The Balaban J connectivity index is 2.37. The van der Waals surface area contributed by atoms with Gasteiger partial charge in [-0.1, -0.05) is 18.2 Å². The molecule has 0 saturated carbocycles. The van der Waals surface area contributed by atoms with Crippen LogP contribution in [-0.4, -0.2) is 12.6 Å². The Bertz CT molecular complexity index is 296. The van der Waals surface area contributed by atoms with E-state index in [2.05, 4.69) is 13.0 Å². The van der Waals surface area contributed by atoms with Crippen molar-refractivity contribution in [1.82, 2.24) is 0 Å². The van der Waals surface area contributed by atoms with Crippen molar-refractivity contribution in [2.24, 2.45) is 5.73 Å². The average molecular weight is 177 g/mol. The number of fused-ring (bicyclic) bond motifs is 1. The molecule has 1 aromatic rings. The molecule has 0 saturated heterocycles. The topological polar surface area (TPSA) is 35.2 Å². The van der Waals surface area contributed by atoms with Gasteiger partial charge in [0, 0.05) is 12.0 Å². The molecular formula is C11H15NO. The third kappa shape index (κ3) is 1.54. The summed E-state index contributed by atoms with van der Waals surface area (Å²) >= 11 is 0. The second kappa shape index (κ2) is 3.38.